The van der Waals surface area contributed by atoms with Crippen LogP contribution in [0.5, 0.6) is 11.5 Å². The maximum absolute atomic E-state index is 9.24. The van der Waals surface area contributed by atoms with Crippen molar-refractivity contribution in [3.8, 4) is 17.6 Å². The average molecular weight is 429 g/mol. The van der Waals surface area contributed by atoms with Gasteiger partial charge in [-0.15, -0.1) is 0 Å². The molecule has 0 unspecified atom stereocenters. The summed E-state index contributed by atoms with van der Waals surface area (Å²) in [6, 6.07) is 23.2. The maximum Gasteiger partial charge on any atom is 0.204 e. The first-order chi connectivity index (χ1) is 15.3. The Morgan fingerprint density at radius 2 is 1.90 bits per heavy atom. The Labute approximate surface area is 184 Å². The Morgan fingerprint density at radius 3 is 2.74 bits per heavy atom. The van der Waals surface area contributed by atoms with Gasteiger partial charge in [-0.1, -0.05) is 41.7 Å². The van der Waals surface area contributed by atoms with Gasteiger partial charge in [-0.2, -0.15) is 10.4 Å². The number of thiazole rings is 1. The molecule has 4 rings (SSSR count). The van der Waals surface area contributed by atoms with E-state index in [0.717, 1.165) is 26.5 Å². The van der Waals surface area contributed by atoms with Crippen LogP contribution >= 0.6 is 11.3 Å². The molecule has 0 aliphatic carbocycles. The van der Waals surface area contributed by atoms with Crippen LogP contribution in [0.25, 0.3) is 10.2 Å². The summed E-state index contributed by atoms with van der Waals surface area (Å²) in [6.45, 7) is 2.72. The lowest BCUT2D eigenvalue weighted by atomic mass is 10.1. The van der Waals surface area contributed by atoms with Gasteiger partial charge in [-0.3, -0.25) is 5.43 Å². The minimum Gasteiger partial charge on any atom is -0.490 e. The first-order valence-electron chi connectivity index (χ1n) is 9.79. The summed E-state index contributed by atoms with van der Waals surface area (Å²) < 4.78 is 12.8. The molecular weight excluding hydrogens is 408 g/mol. The third kappa shape index (κ3) is 5.00. The molecule has 0 bridgehead atoms. The van der Waals surface area contributed by atoms with Crippen LogP contribution in [0.4, 0.5) is 5.13 Å². The summed E-state index contributed by atoms with van der Waals surface area (Å²) in [7, 11) is 0. The number of ether oxygens (including phenoxy) is 2. The normalized spacial score (nSPS) is 10.8. The number of para-hydroxylation sites is 1. The molecule has 1 aromatic heterocycles. The lowest BCUT2D eigenvalue weighted by Gasteiger charge is -2.13. The summed E-state index contributed by atoms with van der Waals surface area (Å²) >= 11 is 1.55. The van der Waals surface area contributed by atoms with Crippen LogP contribution in [-0.2, 0) is 6.61 Å². The van der Waals surface area contributed by atoms with Gasteiger partial charge in [-0.05, 0) is 48.9 Å². The van der Waals surface area contributed by atoms with Crippen molar-refractivity contribution in [1.82, 2.24) is 4.98 Å². The van der Waals surface area contributed by atoms with E-state index < -0.39 is 0 Å². The van der Waals surface area contributed by atoms with Gasteiger partial charge in [0.2, 0.25) is 5.13 Å². The molecule has 0 amide bonds. The third-order valence-electron chi connectivity index (χ3n) is 4.46. The zero-order valence-corrected chi connectivity index (χ0v) is 17.7. The molecule has 1 N–H and O–H groups in total. The van der Waals surface area contributed by atoms with Gasteiger partial charge in [0.15, 0.2) is 11.5 Å². The van der Waals surface area contributed by atoms with Crippen molar-refractivity contribution >= 4 is 32.9 Å². The standard InChI is InChI=1S/C24H20N4O2S/c1-2-29-22-13-17(15-26-28-24-27-20-9-5-6-10-23(20)31-24)11-12-21(22)30-16-19-8-4-3-7-18(19)14-25/h3-13,15H,2,16H2,1H3,(H,27,28)/b26-15-. The fraction of sp³-hybridized carbons (Fsp3) is 0.125. The Hall–Kier alpha value is -3.89. The van der Waals surface area contributed by atoms with Crippen molar-refractivity contribution in [2.24, 2.45) is 5.10 Å². The Kier molecular flexibility index (Phi) is 6.41. The van der Waals surface area contributed by atoms with Crippen LogP contribution in [0, 0.1) is 11.3 Å². The molecule has 0 saturated heterocycles. The third-order valence-corrected chi connectivity index (χ3v) is 5.40. The zero-order chi connectivity index (χ0) is 21.5. The highest BCUT2D eigenvalue weighted by Crippen LogP contribution is 2.29. The SMILES string of the molecule is CCOc1cc(/C=N\Nc2nc3ccccc3s2)ccc1OCc1ccccc1C#N. The van der Waals surface area contributed by atoms with Crippen LogP contribution in [0.3, 0.4) is 0 Å². The van der Waals surface area contributed by atoms with E-state index in [9.17, 15) is 5.26 Å². The van der Waals surface area contributed by atoms with Gasteiger partial charge in [0, 0.05) is 5.56 Å². The molecule has 4 aromatic rings. The number of benzene rings is 3. The van der Waals surface area contributed by atoms with Gasteiger partial charge >= 0.3 is 0 Å². The Morgan fingerprint density at radius 1 is 1.06 bits per heavy atom. The number of nitriles is 1. The quantitative estimate of drug-likeness (QED) is 0.292. The molecule has 0 fully saturated rings. The summed E-state index contributed by atoms with van der Waals surface area (Å²) in [5.41, 5.74) is 6.23. The fourth-order valence-electron chi connectivity index (χ4n) is 2.99. The molecule has 0 aliphatic rings. The lowest BCUT2D eigenvalue weighted by Crippen LogP contribution is -2.02. The van der Waals surface area contributed by atoms with E-state index in [1.54, 1.807) is 23.6 Å². The number of anilines is 1. The van der Waals surface area contributed by atoms with E-state index in [4.69, 9.17) is 9.47 Å². The summed E-state index contributed by atoms with van der Waals surface area (Å²) in [4.78, 5) is 4.50. The van der Waals surface area contributed by atoms with E-state index in [0.29, 0.717) is 23.7 Å². The predicted octanol–water partition coefficient (Wildman–Crippen LogP) is 5.59. The molecule has 6 nitrogen and oxygen atoms in total. The highest BCUT2D eigenvalue weighted by atomic mass is 32.1. The molecule has 0 radical (unpaired) electrons. The van der Waals surface area contributed by atoms with Gasteiger partial charge < -0.3 is 9.47 Å². The summed E-state index contributed by atoms with van der Waals surface area (Å²) in [6.07, 6.45) is 1.71. The van der Waals surface area contributed by atoms with Crippen LogP contribution in [-0.4, -0.2) is 17.8 Å². The van der Waals surface area contributed by atoms with Crippen LogP contribution in [0.1, 0.15) is 23.6 Å². The topological polar surface area (TPSA) is 79.5 Å². The molecule has 7 heteroatoms. The van der Waals surface area contributed by atoms with E-state index in [2.05, 4.69) is 21.6 Å². The zero-order valence-electron chi connectivity index (χ0n) is 16.9. The number of hydrogen-bond acceptors (Lipinski definition) is 7. The van der Waals surface area contributed by atoms with Gasteiger partial charge in [-0.25, -0.2) is 4.98 Å². The Bertz CT molecular complexity index is 1230. The lowest BCUT2D eigenvalue weighted by molar-refractivity contribution is 0.269. The second-order valence-corrected chi connectivity index (χ2v) is 7.58. The summed E-state index contributed by atoms with van der Waals surface area (Å²) in [5.74, 6) is 1.24. The van der Waals surface area contributed by atoms with Crippen LogP contribution in [0.15, 0.2) is 71.8 Å². The van der Waals surface area contributed by atoms with Crippen molar-refractivity contribution in [2.75, 3.05) is 12.0 Å². The second kappa shape index (κ2) is 9.74. The predicted molar refractivity (Wildman–Crippen MR) is 124 cm³/mol. The number of hydrogen-bond donors (Lipinski definition) is 1. The highest BCUT2D eigenvalue weighted by Gasteiger charge is 2.08. The van der Waals surface area contributed by atoms with Gasteiger partial charge in [0.25, 0.3) is 0 Å². The minimum atomic E-state index is 0.288. The smallest absolute Gasteiger partial charge is 0.204 e. The molecule has 0 saturated carbocycles. The number of fused-ring (bicyclic) bond motifs is 1. The molecule has 0 atom stereocenters. The average Bonchev–Trinajstić information content (AvgIpc) is 3.22. The largest absolute Gasteiger partial charge is 0.490 e. The molecule has 0 aliphatic heterocycles. The monoisotopic (exact) mass is 428 g/mol. The number of hydrazone groups is 1. The second-order valence-electron chi connectivity index (χ2n) is 6.55. The van der Waals surface area contributed by atoms with Crippen LogP contribution in [0.2, 0.25) is 0 Å². The van der Waals surface area contributed by atoms with Crippen molar-refractivity contribution in [3.05, 3.63) is 83.4 Å². The number of aromatic nitrogens is 1. The van der Waals surface area contributed by atoms with Crippen molar-refractivity contribution in [2.45, 2.75) is 13.5 Å². The van der Waals surface area contributed by atoms with Crippen molar-refractivity contribution in [1.29, 1.82) is 5.26 Å². The Balaban J connectivity index is 1.46. The van der Waals surface area contributed by atoms with E-state index in [-0.39, 0.29) is 6.61 Å². The van der Waals surface area contributed by atoms with E-state index >= 15 is 0 Å². The molecule has 1 heterocycles. The molecule has 154 valence electrons. The van der Waals surface area contributed by atoms with Gasteiger partial charge in [0.05, 0.1) is 34.7 Å². The maximum atomic E-state index is 9.24. The molecule has 3 aromatic carbocycles. The first kappa shape index (κ1) is 20.4. The number of nitrogens with one attached hydrogen (secondary N) is 1. The molecular formula is C24H20N4O2S. The van der Waals surface area contributed by atoms with Crippen molar-refractivity contribution in [3.63, 3.8) is 0 Å². The van der Waals surface area contributed by atoms with Gasteiger partial charge in [0.1, 0.15) is 6.61 Å². The highest BCUT2D eigenvalue weighted by molar-refractivity contribution is 7.22. The molecule has 0 spiro atoms. The number of nitrogens with zero attached hydrogens (tertiary/aromatic N) is 3. The first-order valence-corrected chi connectivity index (χ1v) is 10.6. The molecule has 31 heavy (non-hydrogen) atoms. The van der Waals surface area contributed by atoms with E-state index in [1.165, 1.54) is 0 Å². The van der Waals surface area contributed by atoms with E-state index in [1.807, 2.05) is 67.6 Å². The minimum absolute atomic E-state index is 0.288. The van der Waals surface area contributed by atoms with Crippen molar-refractivity contribution < 1.29 is 9.47 Å². The summed E-state index contributed by atoms with van der Waals surface area (Å²) in [5, 5.41) is 14.3. The number of rotatable bonds is 8. The fourth-order valence-corrected chi connectivity index (χ4v) is 3.80. The van der Waals surface area contributed by atoms with Crippen LogP contribution < -0.4 is 14.9 Å².